The summed E-state index contributed by atoms with van der Waals surface area (Å²) in [6, 6.07) is 0.824. The molecule has 1 aliphatic carbocycles. The lowest BCUT2D eigenvalue weighted by atomic mass is 10.1. The van der Waals surface area contributed by atoms with Crippen LogP contribution in [0.3, 0.4) is 0 Å². The van der Waals surface area contributed by atoms with Crippen molar-refractivity contribution >= 4 is 0 Å². The minimum absolute atomic E-state index is 0.127. The van der Waals surface area contributed by atoms with E-state index in [1.165, 1.54) is 0 Å². The van der Waals surface area contributed by atoms with E-state index in [1.807, 2.05) is 0 Å². The van der Waals surface area contributed by atoms with Crippen molar-refractivity contribution in [1.82, 2.24) is 5.32 Å². The lowest BCUT2D eigenvalue weighted by molar-refractivity contribution is 0.110. The molecule has 0 heterocycles. The van der Waals surface area contributed by atoms with Crippen molar-refractivity contribution in [3.05, 3.63) is 0 Å². The first-order chi connectivity index (χ1) is 5.11. The van der Waals surface area contributed by atoms with Gasteiger partial charge in [0.05, 0.1) is 6.10 Å². The van der Waals surface area contributed by atoms with E-state index in [1.54, 1.807) is 0 Å². The van der Waals surface area contributed by atoms with E-state index >= 15 is 0 Å². The van der Waals surface area contributed by atoms with Gasteiger partial charge in [-0.05, 0) is 18.8 Å². The van der Waals surface area contributed by atoms with Crippen LogP contribution in [0.15, 0.2) is 0 Å². The molecule has 0 aliphatic heterocycles. The first-order valence-corrected chi connectivity index (χ1v) is 4.55. The molecule has 11 heavy (non-hydrogen) atoms. The van der Waals surface area contributed by atoms with Crippen LogP contribution in [-0.2, 0) is 0 Å². The third kappa shape index (κ3) is 2.17. The van der Waals surface area contributed by atoms with Crippen molar-refractivity contribution in [1.29, 1.82) is 0 Å². The zero-order chi connectivity index (χ0) is 8.43. The van der Waals surface area contributed by atoms with E-state index in [0.717, 1.165) is 12.8 Å². The van der Waals surface area contributed by atoms with Gasteiger partial charge in [-0.2, -0.15) is 0 Å². The summed E-state index contributed by atoms with van der Waals surface area (Å²) in [5.74, 6) is 0.478. The molecule has 3 atom stereocenters. The molecule has 0 amide bonds. The van der Waals surface area contributed by atoms with Crippen LogP contribution in [-0.4, -0.2) is 23.3 Å². The Balaban J connectivity index is 2.36. The van der Waals surface area contributed by atoms with E-state index in [4.69, 9.17) is 0 Å². The Hall–Kier alpha value is -0.0800. The quantitative estimate of drug-likeness (QED) is 0.630. The van der Waals surface area contributed by atoms with Crippen LogP contribution in [0.1, 0.15) is 33.6 Å². The number of nitrogens with one attached hydrogen (secondary N) is 1. The molecule has 1 saturated carbocycles. The monoisotopic (exact) mass is 157 g/mol. The van der Waals surface area contributed by atoms with E-state index in [-0.39, 0.29) is 6.10 Å². The SMILES string of the molecule is CC(C)N[C@H]1CC[C@H](C)[C@H]1O. The van der Waals surface area contributed by atoms with Crippen molar-refractivity contribution < 1.29 is 5.11 Å². The van der Waals surface area contributed by atoms with Crippen LogP contribution >= 0.6 is 0 Å². The maximum Gasteiger partial charge on any atom is 0.0718 e. The van der Waals surface area contributed by atoms with E-state index in [2.05, 4.69) is 26.1 Å². The van der Waals surface area contributed by atoms with Crippen molar-refractivity contribution in [2.75, 3.05) is 0 Å². The molecule has 0 aromatic carbocycles. The number of aliphatic hydroxyl groups excluding tert-OH is 1. The smallest absolute Gasteiger partial charge is 0.0718 e. The van der Waals surface area contributed by atoms with Crippen molar-refractivity contribution in [3.63, 3.8) is 0 Å². The van der Waals surface area contributed by atoms with E-state index in [9.17, 15) is 5.11 Å². The Bertz CT molecular complexity index is 125. The Labute approximate surface area is 69.0 Å². The highest BCUT2D eigenvalue weighted by atomic mass is 16.3. The molecule has 2 heteroatoms. The zero-order valence-corrected chi connectivity index (χ0v) is 7.67. The van der Waals surface area contributed by atoms with Gasteiger partial charge < -0.3 is 10.4 Å². The molecular weight excluding hydrogens is 138 g/mol. The standard InChI is InChI=1S/C9H19NO/c1-6(2)10-8-5-4-7(3)9(8)11/h6-11H,4-5H2,1-3H3/t7-,8-,9+/m0/s1. The van der Waals surface area contributed by atoms with Gasteiger partial charge in [-0.1, -0.05) is 20.8 Å². The van der Waals surface area contributed by atoms with Crippen LogP contribution in [0.4, 0.5) is 0 Å². The van der Waals surface area contributed by atoms with Crippen LogP contribution < -0.4 is 5.32 Å². The predicted molar refractivity (Wildman–Crippen MR) is 46.5 cm³/mol. The fraction of sp³-hybridized carbons (Fsp3) is 1.00. The first-order valence-electron chi connectivity index (χ1n) is 4.55. The lowest BCUT2D eigenvalue weighted by Gasteiger charge is -2.20. The highest BCUT2D eigenvalue weighted by molar-refractivity contribution is 4.87. The number of rotatable bonds is 2. The number of aliphatic hydroxyl groups is 1. The molecule has 0 spiro atoms. The Morgan fingerprint density at radius 1 is 1.36 bits per heavy atom. The summed E-state index contributed by atoms with van der Waals surface area (Å²) in [6.45, 7) is 6.36. The topological polar surface area (TPSA) is 32.3 Å². The molecule has 0 aromatic heterocycles. The van der Waals surface area contributed by atoms with E-state index < -0.39 is 0 Å². The third-order valence-electron chi connectivity index (χ3n) is 2.48. The second kappa shape index (κ2) is 3.55. The van der Waals surface area contributed by atoms with Crippen molar-refractivity contribution in [3.8, 4) is 0 Å². The van der Waals surface area contributed by atoms with E-state index in [0.29, 0.717) is 18.0 Å². The molecule has 1 aliphatic rings. The third-order valence-corrected chi connectivity index (χ3v) is 2.48. The molecule has 1 fully saturated rings. The van der Waals surface area contributed by atoms with Gasteiger partial charge in [0.2, 0.25) is 0 Å². The molecule has 1 rings (SSSR count). The molecule has 2 N–H and O–H groups in total. The van der Waals surface area contributed by atoms with Crippen LogP contribution in [0.2, 0.25) is 0 Å². The van der Waals surface area contributed by atoms with Gasteiger partial charge in [-0.15, -0.1) is 0 Å². The second-order valence-electron chi connectivity index (χ2n) is 3.97. The maximum atomic E-state index is 9.64. The van der Waals surface area contributed by atoms with Crippen molar-refractivity contribution in [2.45, 2.75) is 51.8 Å². The van der Waals surface area contributed by atoms with Gasteiger partial charge in [0.15, 0.2) is 0 Å². The lowest BCUT2D eigenvalue weighted by Crippen LogP contribution is -2.41. The Morgan fingerprint density at radius 3 is 2.36 bits per heavy atom. The summed E-state index contributed by atoms with van der Waals surface area (Å²) in [4.78, 5) is 0. The maximum absolute atomic E-state index is 9.64. The van der Waals surface area contributed by atoms with Crippen molar-refractivity contribution in [2.24, 2.45) is 5.92 Å². The predicted octanol–water partition coefficient (Wildman–Crippen LogP) is 1.14. The van der Waals surface area contributed by atoms with Gasteiger partial charge in [-0.25, -0.2) is 0 Å². The zero-order valence-electron chi connectivity index (χ0n) is 7.67. The molecule has 0 aromatic rings. The fourth-order valence-electron chi connectivity index (χ4n) is 1.79. The van der Waals surface area contributed by atoms with Gasteiger partial charge >= 0.3 is 0 Å². The van der Waals surface area contributed by atoms with Crippen LogP contribution in [0.25, 0.3) is 0 Å². The highest BCUT2D eigenvalue weighted by Gasteiger charge is 2.31. The molecule has 2 nitrogen and oxygen atoms in total. The molecule has 66 valence electrons. The summed E-state index contributed by atoms with van der Waals surface area (Å²) in [5.41, 5.74) is 0. The highest BCUT2D eigenvalue weighted by Crippen LogP contribution is 2.25. The Morgan fingerprint density at radius 2 is 2.00 bits per heavy atom. The fourth-order valence-corrected chi connectivity index (χ4v) is 1.79. The number of hydrogen-bond acceptors (Lipinski definition) is 2. The summed E-state index contributed by atoms with van der Waals surface area (Å²) in [7, 11) is 0. The average molecular weight is 157 g/mol. The summed E-state index contributed by atoms with van der Waals surface area (Å²) in [6.07, 6.45) is 2.16. The summed E-state index contributed by atoms with van der Waals surface area (Å²) in [5, 5.41) is 13.0. The number of hydrogen-bond donors (Lipinski definition) is 2. The minimum Gasteiger partial charge on any atom is -0.391 e. The van der Waals surface area contributed by atoms with Crippen LogP contribution in [0, 0.1) is 5.92 Å². The molecule has 0 unspecified atom stereocenters. The molecule has 0 bridgehead atoms. The average Bonchev–Trinajstić information content (AvgIpc) is 2.18. The van der Waals surface area contributed by atoms with Gasteiger partial charge in [0.25, 0.3) is 0 Å². The van der Waals surface area contributed by atoms with Gasteiger partial charge in [-0.3, -0.25) is 0 Å². The second-order valence-corrected chi connectivity index (χ2v) is 3.97. The largest absolute Gasteiger partial charge is 0.391 e. The summed E-state index contributed by atoms with van der Waals surface area (Å²) >= 11 is 0. The van der Waals surface area contributed by atoms with Gasteiger partial charge in [0, 0.05) is 12.1 Å². The first kappa shape index (κ1) is 9.01. The normalized spacial score (nSPS) is 38.5. The Kier molecular flexibility index (Phi) is 2.90. The minimum atomic E-state index is -0.127. The molecule has 0 radical (unpaired) electrons. The molecular formula is C9H19NO. The summed E-state index contributed by atoms with van der Waals surface area (Å²) < 4.78 is 0. The van der Waals surface area contributed by atoms with Gasteiger partial charge in [0.1, 0.15) is 0 Å². The molecule has 0 saturated heterocycles. The van der Waals surface area contributed by atoms with Crippen LogP contribution in [0.5, 0.6) is 0 Å².